The zero-order valence-corrected chi connectivity index (χ0v) is 5.33. The minimum absolute atomic E-state index is 0.183. The fraction of sp³-hybridized carbons (Fsp3) is 0.800. The van der Waals surface area contributed by atoms with E-state index >= 15 is 0 Å². The second kappa shape index (κ2) is 4.59. The Balaban J connectivity index is 3.17. The van der Waals surface area contributed by atoms with Crippen LogP contribution < -0.4 is 0 Å². The van der Waals surface area contributed by atoms with Gasteiger partial charge in [0.1, 0.15) is 0 Å². The maximum Gasteiger partial charge on any atom is 0.0844 e. The van der Waals surface area contributed by atoms with E-state index in [0.717, 1.165) is 0 Å². The van der Waals surface area contributed by atoms with Crippen LogP contribution in [0.3, 0.4) is 0 Å². The molecule has 0 amide bonds. The standard InChI is InChI=1S/C5H12N2O/c1-6-5-7(2)3-4-8/h5,8H,3-4H2,1-2H3/b6-5-. The van der Waals surface area contributed by atoms with E-state index in [1.165, 1.54) is 0 Å². The fourth-order valence-corrected chi connectivity index (χ4v) is 0.413. The van der Waals surface area contributed by atoms with Crippen molar-refractivity contribution in [3.8, 4) is 0 Å². The third-order valence-electron chi connectivity index (χ3n) is 0.765. The van der Waals surface area contributed by atoms with Gasteiger partial charge in [-0.15, -0.1) is 0 Å². The molecule has 0 aromatic rings. The van der Waals surface area contributed by atoms with Crippen molar-refractivity contribution in [2.45, 2.75) is 0 Å². The highest BCUT2D eigenvalue weighted by Crippen LogP contribution is 1.71. The third-order valence-corrected chi connectivity index (χ3v) is 0.765. The fourth-order valence-electron chi connectivity index (χ4n) is 0.413. The molecule has 0 rings (SSSR count). The predicted octanol–water partition coefficient (Wildman–Crippen LogP) is -0.431. The van der Waals surface area contributed by atoms with Crippen molar-refractivity contribution in [1.29, 1.82) is 0 Å². The van der Waals surface area contributed by atoms with Gasteiger partial charge in [0.25, 0.3) is 0 Å². The zero-order chi connectivity index (χ0) is 6.41. The van der Waals surface area contributed by atoms with E-state index < -0.39 is 0 Å². The molecule has 0 fully saturated rings. The number of rotatable bonds is 3. The van der Waals surface area contributed by atoms with Crippen molar-refractivity contribution in [1.82, 2.24) is 4.90 Å². The summed E-state index contributed by atoms with van der Waals surface area (Å²) >= 11 is 0. The third kappa shape index (κ3) is 3.61. The summed E-state index contributed by atoms with van der Waals surface area (Å²) in [6, 6.07) is 0. The Morgan fingerprint density at radius 2 is 2.38 bits per heavy atom. The van der Waals surface area contributed by atoms with E-state index in [0.29, 0.717) is 6.54 Å². The van der Waals surface area contributed by atoms with E-state index in [1.54, 1.807) is 13.4 Å². The van der Waals surface area contributed by atoms with Crippen LogP contribution >= 0.6 is 0 Å². The maximum atomic E-state index is 8.36. The first-order valence-electron chi connectivity index (χ1n) is 2.54. The highest BCUT2D eigenvalue weighted by molar-refractivity contribution is 5.53. The minimum Gasteiger partial charge on any atom is -0.395 e. The second-order valence-electron chi connectivity index (χ2n) is 1.58. The highest BCUT2D eigenvalue weighted by atomic mass is 16.3. The van der Waals surface area contributed by atoms with Crippen LogP contribution in [0.15, 0.2) is 4.99 Å². The zero-order valence-electron chi connectivity index (χ0n) is 5.33. The maximum absolute atomic E-state index is 8.36. The number of likely N-dealkylation sites (N-methyl/N-ethyl adjacent to an activating group) is 1. The topological polar surface area (TPSA) is 35.8 Å². The van der Waals surface area contributed by atoms with Gasteiger partial charge in [-0.2, -0.15) is 0 Å². The molecule has 0 atom stereocenters. The van der Waals surface area contributed by atoms with Crippen LogP contribution in [0.5, 0.6) is 0 Å². The molecule has 0 saturated carbocycles. The van der Waals surface area contributed by atoms with Gasteiger partial charge in [0.15, 0.2) is 0 Å². The average Bonchev–Trinajstić information content (AvgIpc) is 1.68. The molecule has 48 valence electrons. The summed E-state index contributed by atoms with van der Waals surface area (Å²) in [6.45, 7) is 0.833. The Hall–Kier alpha value is -0.570. The molecule has 0 aliphatic carbocycles. The minimum atomic E-state index is 0.183. The summed E-state index contributed by atoms with van der Waals surface area (Å²) in [4.78, 5) is 5.56. The molecule has 0 saturated heterocycles. The molecule has 8 heavy (non-hydrogen) atoms. The first kappa shape index (κ1) is 7.43. The van der Waals surface area contributed by atoms with E-state index in [2.05, 4.69) is 4.99 Å². The highest BCUT2D eigenvalue weighted by Gasteiger charge is 1.84. The molecule has 0 aliphatic rings. The normalized spacial score (nSPS) is 10.4. The quantitative estimate of drug-likeness (QED) is 0.401. The lowest BCUT2D eigenvalue weighted by Crippen LogP contribution is -2.19. The first-order chi connectivity index (χ1) is 3.81. The summed E-state index contributed by atoms with van der Waals surface area (Å²) in [5, 5.41) is 8.36. The molecular weight excluding hydrogens is 104 g/mol. The van der Waals surface area contributed by atoms with Crippen LogP contribution in [0.1, 0.15) is 0 Å². The van der Waals surface area contributed by atoms with Crippen LogP contribution in [0.4, 0.5) is 0 Å². The number of nitrogens with zero attached hydrogens (tertiary/aromatic N) is 2. The summed E-state index contributed by atoms with van der Waals surface area (Å²) < 4.78 is 0. The van der Waals surface area contributed by atoms with E-state index in [-0.39, 0.29) is 6.61 Å². The molecular formula is C5H12N2O. The molecule has 0 heterocycles. The molecule has 0 aliphatic heterocycles. The van der Waals surface area contributed by atoms with Gasteiger partial charge in [-0.3, -0.25) is 4.99 Å². The van der Waals surface area contributed by atoms with Crippen LogP contribution in [0, 0.1) is 0 Å². The second-order valence-corrected chi connectivity index (χ2v) is 1.58. The van der Waals surface area contributed by atoms with E-state index in [4.69, 9.17) is 5.11 Å². The largest absolute Gasteiger partial charge is 0.395 e. The van der Waals surface area contributed by atoms with Gasteiger partial charge in [0.2, 0.25) is 0 Å². The van der Waals surface area contributed by atoms with Crippen molar-refractivity contribution < 1.29 is 5.11 Å². The lowest BCUT2D eigenvalue weighted by Gasteiger charge is -2.08. The summed E-state index contributed by atoms with van der Waals surface area (Å²) in [5.41, 5.74) is 0. The SMILES string of the molecule is C/N=C\N(C)CCO. The number of hydrogen-bond donors (Lipinski definition) is 1. The number of aliphatic hydroxyl groups excluding tert-OH is 1. The van der Waals surface area contributed by atoms with Crippen LogP contribution in [0.2, 0.25) is 0 Å². The molecule has 1 N–H and O–H groups in total. The molecule has 0 spiro atoms. The number of aliphatic imine (C=N–C) groups is 1. The summed E-state index contributed by atoms with van der Waals surface area (Å²) in [7, 11) is 3.57. The number of aliphatic hydroxyl groups is 1. The van der Waals surface area contributed by atoms with Crippen molar-refractivity contribution in [2.75, 3.05) is 27.2 Å². The molecule has 0 aromatic heterocycles. The first-order valence-corrected chi connectivity index (χ1v) is 2.54. The van der Waals surface area contributed by atoms with Gasteiger partial charge in [-0.1, -0.05) is 0 Å². The van der Waals surface area contributed by atoms with Crippen molar-refractivity contribution in [2.24, 2.45) is 4.99 Å². The molecule has 3 nitrogen and oxygen atoms in total. The van der Waals surface area contributed by atoms with Gasteiger partial charge in [0.05, 0.1) is 12.9 Å². The molecule has 0 radical (unpaired) electrons. The number of hydrogen-bond acceptors (Lipinski definition) is 2. The monoisotopic (exact) mass is 116 g/mol. The van der Waals surface area contributed by atoms with Crippen LogP contribution in [-0.4, -0.2) is 43.6 Å². The van der Waals surface area contributed by atoms with Crippen molar-refractivity contribution >= 4 is 6.34 Å². The Kier molecular flexibility index (Phi) is 4.26. The van der Waals surface area contributed by atoms with Crippen molar-refractivity contribution in [3.63, 3.8) is 0 Å². The Labute approximate surface area is 49.6 Å². The lowest BCUT2D eigenvalue weighted by molar-refractivity contribution is 0.266. The Morgan fingerprint density at radius 3 is 2.75 bits per heavy atom. The van der Waals surface area contributed by atoms with Crippen molar-refractivity contribution in [3.05, 3.63) is 0 Å². The smallest absolute Gasteiger partial charge is 0.0844 e. The summed E-state index contributed by atoms with van der Waals surface area (Å²) in [6.07, 6.45) is 1.68. The van der Waals surface area contributed by atoms with Gasteiger partial charge < -0.3 is 10.0 Å². The van der Waals surface area contributed by atoms with Gasteiger partial charge >= 0.3 is 0 Å². The molecule has 0 aromatic carbocycles. The molecule has 0 bridgehead atoms. The lowest BCUT2D eigenvalue weighted by atomic mass is 10.6. The Morgan fingerprint density at radius 1 is 1.75 bits per heavy atom. The Bertz CT molecular complexity index is 72.8. The average molecular weight is 116 g/mol. The summed E-state index contributed by atoms with van der Waals surface area (Å²) in [5.74, 6) is 0. The van der Waals surface area contributed by atoms with E-state index in [1.807, 2.05) is 11.9 Å². The van der Waals surface area contributed by atoms with Gasteiger partial charge in [0, 0.05) is 20.6 Å². The van der Waals surface area contributed by atoms with Crippen LogP contribution in [0.25, 0.3) is 0 Å². The molecule has 3 heteroatoms. The van der Waals surface area contributed by atoms with Gasteiger partial charge in [-0.05, 0) is 0 Å². The van der Waals surface area contributed by atoms with Crippen LogP contribution in [-0.2, 0) is 0 Å². The van der Waals surface area contributed by atoms with E-state index in [9.17, 15) is 0 Å². The molecule has 0 unspecified atom stereocenters. The van der Waals surface area contributed by atoms with Gasteiger partial charge in [-0.25, -0.2) is 0 Å². The predicted molar refractivity (Wildman–Crippen MR) is 34.1 cm³/mol.